The molecule has 0 saturated heterocycles. The Kier molecular flexibility index (Phi) is 11.5. The highest BCUT2D eigenvalue weighted by atomic mass is 127. The van der Waals surface area contributed by atoms with Crippen molar-refractivity contribution in [2.45, 2.75) is 26.5 Å². The molecule has 0 radical (unpaired) electrons. The van der Waals surface area contributed by atoms with Crippen LogP contribution in [-0.2, 0) is 6.54 Å². The van der Waals surface area contributed by atoms with E-state index in [2.05, 4.69) is 20.9 Å². The number of aliphatic imine (C=N–C) groups is 1. The minimum absolute atomic E-state index is 0. The van der Waals surface area contributed by atoms with E-state index >= 15 is 0 Å². The first-order chi connectivity index (χ1) is 13.5. The minimum Gasteiger partial charge on any atom is -0.489 e. The normalized spacial score (nSPS) is 11.8. The van der Waals surface area contributed by atoms with Crippen LogP contribution in [0.1, 0.15) is 29.8 Å². The molecular weight excluding hydrogens is 503 g/mol. The summed E-state index contributed by atoms with van der Waals surface area (Å²) in [5.41, 5.74) is 1.59. The van der Waals surface area contributed by atoms with E-state index in [1.54, 1.807) is 25.2 Å². The molecule has 0 bridgehead atoms. The van der Waals surface area contributed by atoms with Crippen molar-refractivity contribution >= 4 is 47.4 Å². The number of nitrogens with zero attached hydrogens (tertiary/aromatic N) is 1. The van der Waals surface area contributed by atoms with Gasteiger partial charge in [0.2, 0.25) is 0 Å². The van der Waals surface area contributed by atoms with E-state index < -0.39 is 0 Å². The molecule has 2 aromatic carbocycles. The minimum atomic E-state index is -0.107. The van der Waals surface area contributed by atoms with Crippen LogP contribution in [0.15, 0.2) is 53.5 Å². The predicted molar refractivity (Wildman–Crippen MR) is 130 cm³/mol. The lowest BCUT2D eigenvalue weighted by Gasteiger charge is -2.17. The van der Waals surface area contributed by atoms with Gasteiger partial charge in [-0.25, -0.2) is 4.99 Å². The van der Waals surface area contributed by atoms with E-state index in [0.29, 0.717) is 29.6 Å². The lowest BCUT2D eigenvalue weighted by molar-refractivity contribution is 0.0963. The molecule has 0 aliphatic heterocycles. The quantitative estimate of drug-likeness (QED) is 0.275. The standard InChI is InChI=1S/C21H27ClN4O2.HI/c1-4-24-21(25-13-15(2)28-19-10-8-18(22)9-11-19)26-14-16-6-5-7-17(12-16)20(27)23-3;/h5-12,15H,4,13-14H2,1-3H3,(H,23,27)(H2,24,25,26);1H. The van der Waals surface area contributed by atoms with Gasteiger partial charge < -0.3 is 20.7 Å². The molecule has 0 aliphatic carbocycles. The third-order valence-electron chi connectivity index (χ3n) is 3.89. The van der Waals surface area contributed by atoms with Gasteiger partial charge in [0.15, 0.2) is 5.96 Å². The molecule has 0 heterocycles. The number of halogens is 2. The Morgan fingerprint density at radius 3 is 2.55 bits per heavy atom. The number of guanidine groups is 1. The summed E-state index contributed by atoms with van der Waals surface area (Å²) in [6, 6.07) is 14.7. The Morgan fingerprint density at radius 1 is 1.17 bits per heavy atom. The molecule has 0 aromatic heterocycles. The molecular formula is C21H28ClIN4O2. The average Bonchev–Trinajstić information content (AvgIpc) is 2.71. The number of rotatable bonds is 8. The number of ether oxygens (including phenoxy) is 1. The molecule has 3 N–H and O–H groups in total. The maximum atomic E-state index is 11.8. The van der Waals surface area contributed by atoms with Gasteiger partial charge in [-0.2, -0.15) is 0 Å². The summed E-state index contributed by atoms with van der Waals surface area (Å²) in [7, 11) is 1.62. The Balaban J connectivity index is 0.00000420. The fraction of sp³-hybridized carbons (Fsp3) is 0.333. The summed E-state index contributed by atoms with van der Waals surface area (Å²) < 4.78 is 5.87. The maximum Gasteiger partial charge on any atom is 0.251 e. The van der Waals surface area contributed by atoms with E-state index in [1.165, 1.54) is 0 Å². The maximum absolute atomic E-state index is 11.8. The van der Waals surface area contributed by atoms with Crippen LogP contribution in [0.2, 0.25) is 5.02 Å². The zero-order chi connectivity index (χ0) is 20.4. The molecule has 8 heteroatoms. The second-order valence-electron chi connectivity index (χ2n) is 6.24. The highest BCUT2D eigenvalue weighted by molar-refractivity contribution is 14.0. The van der Waals surface area contributed by atoms with Crippen molar-refractivity contribution in [1.29, 1.82) is 0 Å². The lowest BCUT2D eigenvalue weighted by Crippen LogP contribution is -2.41. The predicted octanol–water partition coefficient (Wildman–Crippen LogP) is 3.84. The van der Waals surface area contributed by atoms with Crippen molar-refractivity contribution < 1.29 is 9.53 Å². The van der Waals surface area contributed by atoms with Crippen LogP contribution in [-0.4, -0.2) is 38.1 Å². The van der Waals surface area contributed by atoms with Gasteiger partial charge in [0.1, 0.15) is 11.9 Å². The third kappa shape index (κ3) is 8.91. The van der Waals surface area contributed by atoms with Crippen LogP contribution < -0.4 is 20.7 Å². The SMILES string of the molecule is CCNC(=NCc1cccc(C(=O)NC)c1)NCC(C)Oc1ccc(Cl)cc1.I. The number of nitrogens with one attached hydrogen (secondary N) is 3. The average molecular weight is 531 g/mol. The summed E-state index contributed by atoms with van der Waals surface area (Å²) in [4.78, 5) is 16.3. The number of amides is 1. The van der Waals surface area contributed by atoms with E-state index in [1.807, 2.05) is 44.2 Å². The first-order valence-corrected chi connectivity index (χ1v) is 9.65. The second-order valence-corrected chi connectivity index (χ2v) is 6.67. The van der Waals surface area contributed by atoms with Crippen molar-refractivity contribution in [3.8, 4) is 5.75 Å². The zero-order valence-corrected chi connectivity index (χ0v) is 20.0. The summed E-state index contributed by atoms with van der Waals surface area (Å²) >= 11 is 5.89. The van der Waals surface area contributed by atoms with Crippen molar-refractivity contribution in [3.63, 3.8) is 0 Å². The molecule has 29 heavy (non-hydrogen) atoms. The van der Waals surface area contributed by atoms with Gasteiger partial charge in [-0.1, -0.05) is 23.7 Å². The Labute approximate surface area is 194 Å². The molecule has 0 fully saturated rings. The fourth-order valence-corrected chi connectivity index (χ4v) is 2.62. The van der Waals surface area contributed by atoms with Crippen LogP contribution in [0.25, 0.3) is 0 Å². The summed E-state index contributed by atoms with van der Waals surface area (Å²) in [6.45, 7) is 5.80. The molecule has 0 spiro atoms. The lowest BCUT2D eigenvalue weighted by atomic mass is 10.1. The zero-order valence-electron chi connectivity index (χ0n) is 16.9. The highest BCUT2D eigenvalue weighted by Gasteiger charge is 2.07. The van der Waals surface area contributed by atoms with Crippen LogP contribution in [0.4, 0.5) is 0 Å². The molecule has 6 nitrogen and oxygen atoms in total. The van der Waals surface area contributed by atoms with Gasteiger partial charge in [0.25, 0.3) is 5.91 Å². The molecule has 0 saturated carbocycles. The number of hydrogen-bond donors (Lipinski definition) is 3. The molecule has 158 valence electrons. The van der Waals surface area contributed by atoms with Crippen LogP contribution in [0.3, 0.4) is 0 Å². The Morgan fingerprint density at radius 2 is 1.90 bits per heavy atom. The first-order valence-electron chi connectivity index (χ1n) is 9.27. The Bertz CT molecular complexity index is 800. The fourth-order valence-electron chi connectivity index (χ4n) is 2.49. The summed E-state index contributed by atoms with van der Waals surface area (Å²) in [5.74, 6) is 1.36. The molecule has 1 atom stereocenters. The first kappa shape index (κ1) is 25.0. The van der Waals surface area contributed by atoms with E-state index in [4.69, 9.17) is 16.3 Å². The van der Waals surface area contributed by atoms with Crippen molar-refractivity contribution in [3.05, 3.63) is 64.7 Å². The van der Waals surface area contributed by atoms with Gasteiger partial charge in [-0.05, 0) is 55.8 Å². The molecule has 2 aromatic rings. The van der Waals surface area contributed by atoms with E-state index in [0.717, 1.165) is 17.9 Å². The summed E-state index contributed by atoms with van der Waals surface area (Å²) in [5, 5.41) is 9.80. The monoisotopic (exact) mass is 530 g/mol. The highest BCUT2D eigenvalue weighted by Crippen LogP contribution is 2.16. The van der Waals surface area contributed by atoms with Gasteiger partial charge in [0.05, 0.1) is 13.1 Å². The van der Waals surface area contributed by atoms with Gasteiger partial charge >= 0.3 is 0 Å². The smallest absolute Gasteiger partial charge is 0.251 e. The van der Waals surface area contributed by atoms with Gasteiger partial charge in [-0.3, -0.25) is 4.79 Å². The van der Waals surface area contributed by atoms with Crippen molar-refractivity contribution in [2.75, 3.05) is 20.1 Å². The van der Waals surface area contributed by atoms with Crippen LogP contribution in [0, 0.1) is 0 Å². The topological polar surface area (TPSA) is 74.8 Å². The van der Waals surface area contributed by atoms with Gasteiger partial charge in [0, 0.05) is 24.2 Å². The second kappa shape index (κ2) is 13.3. The summed E-state index contributed by atoms with van der Waals surface area (Å²) in [6.07, 6.45) is -0.0541. The van der Waals surface area contributed by atoms with E-state index in [9.17, 15) is 4.79 Å². The number of hydrogen-bond acceptors (Lipinski definition) is 3. The third-order valence-corrected chi connectivity index (χ3v) is 4.14. The van der Waals surface area contributed by atoms with Crippen molar-refractivity contribution in [2.24, 2.45) is 4.99 Å². The van der Waals surface area contributed by atoms with Crippen molar-refractivity contribution in [1.82, 2.24) is 16.0 Å². The number of benzene rings is 2. The molecule has 1 amide bonds. The number of carbonyl (C=O) groups is 1. The molecule has 1 unspecified atom stereocenters. The number of carbonyl (C=O) groups excluding carboxylic acids is 1. The molecule has 0 aliphatic rings. The van der Waals surface area contributed by atoms with Crippen LogP contribution in [0.5, 0.6) is 5.75 Å². The largest absolute Gasteiger partial charge is 0.489 e. The van der Waals surface area contributed by atoms with Gasteiger partial charge in [-0.15, -0.1) is 24.0 Å². The Hall–Kier alpha value is -2.00. The van der Waals surface area contributed by atoms with E-state index in [-0.39, 0.29) is 36.0 Å². The molecule has 2 rings (SSSR count). The van der Waals surface area contributed by atoms with Crippen LogP contribution >= 0.6 is 35.6 Å².